The normalized spacial score (nSPS) is 32.7. The van der Waals surface area contributed by atoms with Crippen LogP contribution in [-0.4, -0.2) is 29.2 Å². The molecule has 1 aliphatic heterocycles. The zero-order valence-electron chi connectivity index (χ0n) is 16.3. The van der Waals surface area contributed by atoms with Crippen LogP contribution in [0.15, 0.2) is 66.7 Å². The third-order valence-electron chi connectivity index (χ3n) is 7.23. The summed E-state index contributed by atoms with van der Waals surface area (Å²) in [5, 5.41) is 0. The lowest BCUT2D eigenvalue weighted by Gasteiger charge is -2.37. The number of carbonyl (C=O) groups excluding carboxylic acids is 3. The Morgan fingerprint density at radius 2 is 1.40 bits per heavy atom. The first kappa shape index (κ1) is 17.6. The quantitative estimate of drug-likeness (QED) is 0.342. The van der Waals surface area contributed by atoms with Crippen LogP contribution in [-0.2, 0) is 14.4 Å². The number of carbonyl (C=O) groups is 3. The predicted molar refractivity (Wildman–Crippen MR) is 109 cm³/mol. The first-order chi connectivity index (χ1) is 14.6. The van der Waals surface area contributed by atoms with Gasteiger partial charge in [-0.3, -0.25) is 14.5 Å². The highest BCUT2D eigenvalue weighted by atomic mass is 16.5. The number of imide groups is 1. The molecule has 2 saturated carbocycles. The summed E-state index contributed by atoms with van der Waals surface area (Å²) in [6.45, 7) is -0.320. The number of rotatable bonds is 4. The second kappa shape index (κ2) is 6.39. The molecule has 30 heavy (non-hydrogen) atoms. The standard InChI is InChI=1S/C25H21NO4/c27-21(30-16-8-6-15(7-9-16)14-4-2-1-3-5-14)13-26-24(28)22-17-10-11-18(20-12-19(17)20)23(22)25(26)29/h1-11,17-20,22-23H,12-13H2/t17-,18-,19-,20+,22+,23+/m1/s1. The molecule has 7 rings (SSSR count). The van der Waals surface area contributed by atoms with Crippen LogP contribution in [0.5, 0.6) is 5.75 Å². The van der Waals surface area contributed by atoms with Gasteiger partial charge >= 0.3 is 5.97 Å². The van der Waals surface area contributed by atoms with E-state index in [0.717, 1.165) is 22.4 Å². The van der Waals surface area contributed by atoms with Gasteiger partial charge in [0.1, 0.15) is 12.3 Å². The minimum Gasteiger partial charge on any atom is -0.425 e. The predicted octanol–water partition coefficient (Wildman–Crippen LogP) is 3.31. The fourth-order valence-corrected chi connectivity index (χ4v) is 5.81. The molecule has 3 fully saturated rings. The summed E-state index contributed by atoms with van der Waals surface area (Å²) in [5.41, 5.74) is 2.10. The second-order valence-electron chi connectivity index (χ2n) is 8.78. The van der Waals surface area contributed by atoms with Crippen molar-refractivity contribution in [1.82, 2.24) is 4.90 Å². The number of likely N-dealkylation sites (tertiary alicyclic amines) is 1. The molecule has 0 radical (unpaired) electrons. The fourth-order valence-electron chi connectivity index (χ4n) is 5.81. The van der Waals surface area contributed by atoms with Gasteiger partial charge in [0.25, 0.3) is 0 Å². The Labute approximate surface area is 174 Å². The second-order valence-corrected chi connectivity index (χ2v) is 8.78. The zero-order valence-corrected chi connectivity index (χ0v) is 16.3. The largest absolute Gasteiger partial charge is 0.425 e. The third kappa shape index (κ3) is 2.58. The van der Waals surface area contributed by atoms with Crippen molar-refractivity contribution in [2.24, 2.45) is 35.5 Å². The average molecular weight is 399 g/mol. The minimum absolute atomic E-state index is 0.160. The van der Waals surface area contributed by atoms with Gasteiger partial charge < -0.3 is 4.74 Å². The van der Waals surface area contributed by atoms with E-state index in [1.807, 2.05) is 42.5 Å². The Morgan fingerprint density at radius 1 is 0.833 bits per heavy atom. The number of ether oxygens (including phenoxy) is 1. The van der Waals surface area contributed by atoms with E-state index in [2.05, 4.69) is 12.2 Å². The topological polar surface area (TPSA) is 63.7 Å². The number of hydrogen-bond acceptors (Lipinski definition) is 4. The SMILES string of the molecule is O=C(CN1C(=O)[C@H]2[C@@H]3C=C[C@H]([C@@H]4C[C@H]34)[C@@H]2C1=O)Oc1ccc(-c2ccccc2)cc1. The summed E-state index contributed by atoms with van der Waals surface area (Å²) >= 11 is 0. The molecule has 1 saturated heterocycles. The number of benzene rings is 2. The van der Waals surface area contributed by atoms with Crippen molar-refractivity contribution in [1.29, 1.82) is 0 Å². The lowest BCUT2D eigenvalue weighted by Crippen LogP contribution is -2.40. The maximum atomic E-state index is 13.0. The monoisotopic (exact) mass is 399 g/mol. The van der Waals surface area contributed by atoms with Crippen LogP contribution in [0.1, 0.15) is 6.42 Å². The summed E-state index contributed by atoms with van der Waals surface area (Å²) in [6, 6.07) is 17.1. The molecule has 0 N–H and O–H groups in total. The number of allylic oxidation sites excluding steroid dienone is 2. The number of amides is 2. The van der Waals surface area contributed by atoms with Crippen LogP contribution < -0.4 is 4.74 Å². The van der Waals surface area contributed by atoms with E-state index in [1.54, 1.807) is 12.1 Å². The molecule has 150 valence electrons. The smallest absolute Gasteiger partial charge is 0.331 e. The highest BCUT2D eigenvalue weighted by Crippen LogP contribution is 2.65. The van der Waals surface area contributed by atoms with Crippen molar-refractivity contribution in [3.8, 4) is 16.9 Å². The first-order valence-electron chi connectivity index (χ1n) is 10.5. The van der Waals surface area contributed by atoms with Crippen LogP contribution >= 0.6 is 0 Å². The van der Waals surface area contributed by atoms with Crippen molar-refractivity contribution >= 4 is 17.8 Å². The summed E-state index contributed by atoms with van der Waals surface area (Å²) in [4.78, 5) is 39.5. The van der Waals surface area contributed by atoms with Gasteiger partial charge in [-0.25, -0.2) is 4.79 Å². The van der Waals surface area contributed by atoms with E-state index >= 15 is 0 Å². The third-order valence-corrected chi connectivity index (χ3v) is 7.23. The molecular weight excluding hydrogens is 378 g/mol. The van der Waals surface area contributed by atoms with Gasteiger partial charge in [0, 0.05) is 0 Å². The van der Waals surface area contributed by atoms with Gasteiger partial charge in [-0.2, -0.15) is 0 Å². The molecule has 1 heterocycles. The van der Waals surface area contributed by atoms with Gasteiger partial charge in [0.15, 0.2) is 0 Å². The zero-order chi connectivity index (χ0) is 20.4. The fraction of sp³-hybridized carbons (Fsp3) is 0.320. The van der Waals surface area contributed by atoms with Crippen molar-refractivity contribution in [2.75, 3.05) is 6.54 Å². The molecule has 2 bridgehead atoms. The van der Waals surface area contributed by atoms with Gasteiger partial charge in [0.05, 0.1) is 11.8 Å². The first-order valence-corrected chi connectivity index (χ1v) is 10.5. The van der Waals surface area contributed by atoms with E-state index in [0.29, 0.717) is 17.6 Å². The Morgan fingerprint density at radius 3 is 2.00 bits per heavy atom. The summed E-state index contributed by atoms with van der Waals surface area (Å²) in [6.07, 6.45) is 5.37. The minimum atomic E-state index is -0.590. The van der Waals surface area contributed by atoms with Crippen LogP contribution in [0.25, 0.3) is 11.1 Å². The van der Waals surface area contributed by atoms with Crippen molar-refractivity contribution in [3.05, 3.63) is 66.7 Å². The van der Waals surface area contributed by atoms with Crippen LogP contribution in [0.3, 0.4) is 0 Å². The molecule has 5 heteroatoms. The summed E-state index contributed by atoms with van der Waals surface area (Å²) in [5.74, 6) is 0.259. The number of nitrogens with zero attached hydrogens (tertiary/aromatic N) is 1. The molecule has 6 atom stereocenters. The number of esters is 1. The number of hydrogen-bond donors (Lipinski definition) is 0. The van der Waals surface area contributed by atoms with Crippen molar-refractivity contribution in [3.63, 3.8) is 0 Å². The maximum Gasteiger partial charge on any atom is 0.331 e. The van der Waals surface area contributed by atoms with E-state index < -0.39 is 5.97 Å². The molecule has 2 aromatic carbocycles. The van der Waals surface area contributed by atoms with Gasteiger partial charge in [-0.1, -0.05) is 54.6 Å². The van der Waals surface area contributed by atoms with Crippen molar-refractivity contribution < 1.29 is 19.1 Å². The molecule has 5 aliphatic rings. The highest BCUT2D eigenvalue weighted by molar-refractivity contribution is 6.08. The average Bonchev–Trinajstić information content (AvgIpc) is 3.56. The van der Waals surface area contributed by atoms with Gasteiger partial charge in [0.2, 0.25) is 11.8 Å². The Hall–Kier alpha value is -3.21. The van der Waals surface area contributed by atoms with Crippen LogP contribution in [0, 0.1) is 35.5 Å². The molecule has 4 aliphatic carbocycles. The maximum absolute atomic E-state index is 13.0. The lowest BCUT2D eigenvalue weighted by atomic mass is 9.63. The van der Waals surface area contributed by atoms with Crippen molar-refractivity contribution in [2.45, 2.75) is 6.42 Å². The van der Waals surface area contributed by atoms with Crippen LogP contribution in [0.4, 0.5) is 0 Å². The Balaban J connectivity index is 1.14. The molecule has 0 aromatic heterocycles. The van der Waals surface area contributed by atoms with E-state index in [-0.39, 0.29) is 42.0 Å². The lowest BCUT2D eigenvalue weighted by molar-refractivity contribution is -0.148. The molecule has 0 spiro atoms. The summed E-state index contributed by atoms with van der Waals surface area (Å²) < 4.78 is 5.42. The Bertz CT molecular complexity index is 1040. The molecule has 2 aromatic rings. The molecular formula is C25H21NO4. The molecule has 2 amide bonds. The Kier molecular flexibility index (Phi) is 3.76. The highest BCUT2D eigenvalue weighted by Gasteiger charge is 2.67. The van der Waals surface area contributed by atoms with Crippen LogP contribution in [0.2, 0.25) is 0 Å². The molecule has 0 unspecified atom stereocenters. The van der Waals surface area contributed by atoms with E-state index in [1.165, 1.54) is 0 Å². The van der Waals surface area contributed by atoms with E-state index in [9.17, 15) is 14.4 Å². The summed E-state index contributed by atoms with van der Waals surface area (Å²) in [7, 11) is 0. The van der Waals surface area contributed by atoms with E-state index in [4.69, 9.17) is 4.74 Å². The molecule has 5 nitrogen and oxygen atoms in total. The van der Waals surface area contributed by atoms with Gasteiger partial charge in [-0.05, 0) is 53.4 Å². The van der Waals surface area contributed by atoms with Gasteiger partial charge in [-0.15, -0.1) is 0 Å².